The lowest BCUT2D eigenvalue weighted by Crippen LogP contribution is -2.35. The zero-order valence-corrected chi connectivity index (χ0v) is 11.1. The van der Waals surface area contributed by atoms with Crippen LogP contribution < -0.4 is 0 Å². The Morgan fingerprint density at radius 1 is 1.35 bits per heavy atom. The predicted molar refractivity (Wildman–Crippen MR) is 69.0 cm³/mol. The van der Waals surface area contributed by atoms with E-state index >= 15 is 0 Å². The van der Waals surface area contributed by atoms with Crippen LogP contribution in [-0.2, 0) is 11.3 Å². The molecule has 0 aromatic carbocycles. The summed E-state index contributed by atoms with van der Waals surface area (Å²) in [6.45, 7) is 4.57. The molecule has 0 saturated carbocycles. The molecule has 0 spiro atoms. The van der Waals surface area contributed by atoms with Crippen LogP contribution in [0, 0.1) is 0 Å². The summed E-state index contributed by atoms with van der Waals surface area (Å²) in [6.07, 6.45) is 4.12. The van der Waals surface area contributed by atoms with Crippen molar-refractivity contribution in [3.05, 3.63) is 34.7 Å². The van der Waals surface area contributed by atoms with Gasteiger partial charge in [-0.15, -0.1) is 0 Å². The van der Waals surface area contributed by atoms with Crippen LogP contribution in [0.15, 0.2) is 29.0 Å². The molecule has 1 aliphatic heterocycles. The van der Waals surface area contributed by atoms with E-state index in [1.54, 1.807) is 0 Å². The lowest BCUT2D eigenvalue weighted by atomic mass is 10.3. The van der Waals surface area contributed by atoms with Crippen molar-refractivity contribution in [2.75, 3.05) is 26.3 Å². The maximum Gasteiger partial charge on any atom is 0.138 e. The minimum absolute atomic E-state index is 0.832. The van der Waals surface area contributed by atoms with E-state index in [0.29, 0.717) is 0 Å². The molecule has 3 rings (SSSR count). The predicted octanol–water partition coefficient (Wildman–Crippen LogP) is 1.93. The Morgan fingerprint density at radius 2 is 2.18 bits per heavy atom. The zero-order valence-electron chi connectivity index (χ0n) is 9.47. The third-order valence-electron chi connectivity index (χ3n) is 2.96. The smallest absolute Gasteiger partial charge is 0.138 e. The Labute approximate surface area is 108 Å². The Balaban J connectivity index is 1.80. The van der Waals surface area contributed by atoms with Gasteiger partial charge < -0.3 is 9.14 Å². The van der Waals surface area contributed by atoms with E-state index in [1.165, 1.54) is 0 Å². The van der Waals surface area contributed by atoms with E-state index in [4.69, 9.17) is 4.74 Å². The van der Waals surface area contributed by atoms with Gasteiger partial charge in [0.1, 0.15) is 5.65 Å². The van der Waals surface area contributed by atoms with Gasteiger partial charge in [0.15, 0.2) is 0 Å². The number of halogens is 1. The second-order valence-electron chi connectivity index (χ2n) is 4.23. The van der Waals surface area contributed by atoms with Gasteiger partial charge in [-0.2, -0.15) is 0 Å². The number of nitrogens with zero attached hydrogens (tertiary/aromatic N) is 3. The fraction of sp³-hybridized carbons (Fsp3) is 0.417. The van der Waals surface area contributed by atoms with Crippen LogP contribution in [0.2, 0.25) is 0 Å². The van der Waals surface area contributed by atoms with Crippen molar-refractivity contribution in [2.24, 2.45) is 0 Å². The van der Waals surface area contributed by atoms with Crippen molar-refractivity contribution in [1.29, 1.82) is 0 Å². The van der Waals surface area contributed by atoms with Gasteiger partial charge in [0, 0.05) is 36.5 Å². The monoisotopic (exact) mass is 295 g/mol. The number of fused-ring (bicyclic) bond motifs is 1. The lowest BCUT2D eigenvalue weighted by molar-refractivity contribution is 0.0337. The molecule has 1 aliphatic rings. The molecule has 17 heavy (non-hydrogen) atoms. The fourth-order valence-corrected chi connectivity index (χ4v) is 2.40. The highest BCUT2D eigenvalue weighted by atomic mass is 79.9. The van der Waals surface area contributed by atoms with Crippen LogP contribution in [0.5, 0.6) is 0 Å². The molecule has 2 aromatic rings. The SMILES string of the molecule is Brc1ccn2cc(CN3CCOCC3)nc2c1. The maximum absolute atomic E-state index is 5.34. The summed E-state index contributed by atoms with van der Waals surface area (Å²) in [4.78, 5) is 6.99. The lowest BCUT2D eigenvalue weighted by Gasteiger charge is -2.25. The number of imidazole rings is 1. The Bertz CT molecular complexity index is 519. The second kappa shape index (κ2) is 4.76. The van der Waals surface area contributed by atoms with Crippen molar-refractivity contribution < 1.29 is 4.74 Å². The van der Waals surface area contributed by atoms with Crippen LogP contribution >= 0.6 is 15.9 Å². The van der Waals surface area contributed by atoms with Crippen LogP contribution in [0.25, 0.3) is 5.65 Å². The topological polar surface area (TPSA) is 29.8 Å². The number of hydrogen-bond acceptors (Lipinski definition) is 3. The first kappa shape index (κ1) is 11.2. The quantitative estimate of drug-likeness (QED) is 0.848. The summed E-state index contributed by atoms with van der Waals surface area (Å²) in [7, 11) is 0. The molecule has 0 unspecified atom stereocenters. The summed E-state index contributed by atoms with van der Waals surface area (Å²) in [5, 5.41) is 0. The van der Waals surface area contributed by atoms with E-state index in [9.17, 15) is 0 Å². The number of aromatic nitrogens is 2. The van der Waals surface area contributed by atoms with Crippen molar-refractivity contribution in [2.45, 2.75) is 6.54 Å². The Kier molecular flexibility index (Phi) is 3.13. The normalized spacial score (nSPS) is 17.7. The molecule has 1 fully saturated rings. The molecule has 5 heteroatoms. The first-order chi connectivity index (χ1) is 8.31. The van der Waals surface area contributed by atoms with E-state index in [0.717, 1.165) is 48.7 Å². The number of rotatable bonds is 2. The minimum atomic E-state index is 0.832. The number of ether oxygens (including phenoxy) is 1. The van der Waals surface area contributed by atoms with Gasteiger partial charge in [0.25, 0.3) is 0 Å². The molecule has 0 aliphatic carbocycles. The molecular formula is C12H14BrN3O. The van der Waals surface area contributed by atoms with Crippen LogP contribution in [-0.4, -0.2) is 40.6 Å². The average molecular weight is 296 g/mol. The highest BCUT2D eigenvalue weighted by Gasteiger charge is 2.12. The highest BCUT2D eigenvalue weighted by molar-refractivity contribution is 9.10. The van der Waals surface area contributed by atoms with Crippen molar-refractivity contribution in [3.63, 3.8) is 0 Å². The minimum Gasteiger partial charge on any atom is -0.379 e. The van der Waals surface area contributed by atoms with Gasteiger partial charge in [-0.1, -0.05) is 15.9 Å². The van der Waals surface area contributed by atoms with Gasteiger partial charge >= 0.3 is 0 Å². The Hall–Kier alpha value is -0.910. The first-order valence-corrected chi connectivity index (χ1v) is 6.54. The van der Waals surface area contributed by atoms with Gasteiger partial charge in [-0.3, -0.25) is 4.90 Å². The van der Waals surface area contributed by atoms with Crippen LogP contribution in [0.1, 0.15) is 5.69 Å². The van der Waals surface area contributed by atoms with Crippen molar-refractivity contribution in [3.8, 4) is 0 Å². The van der Waals surface area contributed by atoms with E-state index in [2.05, 4.69) is 36.4 Å². The van der Waals surface area contributed by atoms with E-state index in [1.807, 2.05) is 18.3 Å². The Morgan fingerprint density at radius 3 is 3.00 bits per heavy atom. The molecule has 4 nitrogen and oxygen atoms in total. The third kappa shape index (κ3) is 2.51. The van der Waals surface area contributed by atoms with E-state index < -0.39 is 0 Å². The number of morpholine rings is 1. The number of hydrogen-bond donors (Lipinski definition) is 0. The molecule has 2 aromatic heterocycles. The van der Waals surface area contributed by atoms with Crippen LogP contribution in [0.4, 0.5) is 0 Å². The van der Waals surface area contributed by atoms with Gasteiger partial charge in [0.2, 0.25) is 0 Å². The molecule has 0 N–H and O–H groups in total. The summed E-state index contributed by atoms with van der Waals surface area (Å²) < 4.78 is 8.46. The van der Waals surface area contributed by atoms with Crippen molar-refractivity contribution >= 4 is 21.6 Å². The van der Waals surface area contributed by atoms with E-state index in [-0.39, 0.29) is 0 Å². The van der Waals surface area contributed by atoms with Gasteiger partial charge in [-0.05, 0) is 12.1 Å². The largest absolute Gasteiger partial charge is 0.379 e. The summed E-state index contributed by atoms with van der Waals surface area (Å²) >= 11 is 3.46. The molecule has 1 saturated heterocycles. The van der Waals surface area contributed by atoms with Crippen molar-refractivity contribution in [1.82, 2.24) is 14.3 Å². The molecule has 0 amide bonds. The molecule has 0 atom stereocenters. The molecule has 90 valence electrons. The molecule has 3 heterocycles. The number of pyridine rings is 1. The zero-order chi connectivity index (χ0) is 11.7. The summed E-state index contributed by atoms with van der Waals surface area (Å²) in [5.41, 5.74) is 2.10. The van der Waals surface area contributed by atoms with Gasteiger partial charge in [-0.25, -0.2) is 4.98 Å². The maximum atomic E-state index is 5.34. The standard InChI is InChI=1S/C12H14BrN3O/c13-10-1-2-16-9-11(14-12(16)7-10)8-15-3-5-17-6-4-15/h1-2,7,9H,3-6,8H2. The highest BCUT2D eigenvalue weighted by Crippen LogP contribution is 2.14. The molecule has 0 bridgehead atoms. The summed E-state index contributed by atoms with van der Waals surface area (Å²) in [6, 6.07) is 4.05. The average Bonchev–Trinajstić information content (AvgIpc) is 2.71. The second-order valence-corrected chi connectivity index (χ2v) is 5.15. The third-order valence-corrected chi connectivity index (χ3v) is 3.45. The first-order valence-electron chi connectivity index (χ1n) is 5.74. The molecular weight excluding hydrogens is 282 g/mol. The van der Waals surface area contributed by atoms with Crippen LogP contribution in [0.3, 0.4) is 0 Å². The molecule has 0 radical (unpaired) electrons. The van der Waals surface area contributed by atoms with Gasteiger partial charge in [0.05, 0.1) is 18.9 Å². The fourth-order valence-electron chi connectivity index (χ4n) is 2.07. The summed E-state index contributed by atoms with van der Waals surface area (Å²) in [5.74, 6) is 0.